The van der Waals surface area contributed by atoms with Crippen LogP contribution in [0.1, 0.15) is 51.4 Å². The second kappa shape index (κ2) is 8.06. The van der Waals surface area contributed by atoms with Gasteiger partial charge in [0, 0.05) is 32.2 Å². The van der Waals surface area contributed by atoms with E-state index in [4.69, 9.17) is 6.42 Å². The number of rotatable bonds is 6. The van der Waals surface area contributed by atoms with Crippen molar-refractivity contribution in [3.8, 4) is 12.3 Å². The van der Waals surface area contributed by atoms with Crippen LogP contribution in [0.4, 0.5) is 4.79 Å². The van der Waals surface area contributed by atoms with Crippen molar-refractivity contribution in [1.29, 1.82) is 0 Å². The summed E-state index contributed by atoms with van der Waals surface area (Å²) in [4.78, 5) is 16.9. The number of amides is 2. The van der Waals surface area contributed by atoms with Crippen LogP contribution in [0.25, 0.3) is 0 Å². The highest BCUT2D eigenvalue weighted by molar-refractivity contribution is 5.74. The SMILES string of the molecule is C#CCN(CC1CC1)C(=O)NC1CCN(CC2CCCC2)CC1. The Labute approximate surface area is 141 Å². The second-order valence-corrected chi connectivity index (χ2v) is 7.70. The minimum absolute atomic E-state index is 0.0455. The van der Waals surface area contributed by atoms with Gasteiger partial charge in [-0.3, -0.25) is 0 Å². The van der Waals surface area contributed by atoms with Crippen molar-refractivity contribution in [2.45, 2.75) is 57.4 Å². The molecule has 1 saturated heterocycles. The Morgan fingerprint density at radius 1 is 1.09 bits per heavy atom. The van der Waals surface area contributed by atoms with E-state index in [1.54, 1.807) is 0 Å². The number of likely N-dealkylation sites (tertiary alicyclic amines) is 1. The zero-order valence-corrected chi connectivity index (χ0v) is 14.3. The van der Waals surface area contributed by atoms with Gasteiger partial charge in [0.05, 0.1) is 6.54 Å². The Bertz CT molecular complexity index is 426. The monoisotopic (exact) mass is 317 g/mol. The lowest BCUT2D eigenvalue weighted by atomic mass is 10.0. The van der Waals surface area contributed by atoms with Crippen LogP contribution in [0.2, 0.25) is 0 Å². The molecule has 0 radical (unpaired) electrons. The fourth-order valence-electron chi connectivity index (χ4n) is 4.03. The van der Waals surface area contributed by atoms with Crippen molar-refractivity contribution < 1.29 is 4.79 Å². The summed E-state index contributed by atoms with van der Waals surface area (Å²) in [5, 5.41) is 3.22. The van der Waals surface area contributed by atoms with Gasteiger partial charge in [0.2, 0.25) is 0 Å². The average molecular weight is 317 g/mol. The maximum atomic E-state index is 12.4. The van der Waals surface area contributed by atoms with E-state index in [1.165, 1.54) is 45.1 Å². The molecule has 128 valence electrons. The summed E-state index contributed by atoms with van der Waals surface area (Å²) < 4.78 is 0. The molecule has 2 amide bonds. The zero-order chi connectivity index (χ0) is 16.1. The fourth-order valence-corrected chi connectivity index (χ4v) is 4.03. The highest BCUT2D eigenvalue weighted by Gasteiger charge is 2.28. The fraction of sp³-hybridized carbons (Fsp3) is 0.842. The lowest BCUT2D eigenvalue weighted by Crippen LogP contribution is -2.50. The van der Waals surface area contributed by atoms with E-state index in [9.17, 15) is 4.79 Å². The molecule has 1 N–H and O–H groups in total. The van der Waals surface area contributed by atoms with Crippen molar-refractivity contribution in [2.24, 2.45) is 11.8 Å². The van der Waals surface area contributed by atoms with Gasteiger partial charge < -0.3 is 15.1 Å². The van der Waals surface area contributed by atoms with Gasteiger partial charge >= 0.3 is 6.03 Å². The summed E-state index contributed by atoms with van der Waals surface area (Å²) >= 11 is 0. The van der Waals surface area contributed by atoms with Crippen molar-refractivity contribution in [3.63, 3.8) is 0 Å². The highest BCUT2D eigenvalue weighted by atomic mass is 16.2. The molecule has 0 bridgehead atoms. The molecular formula is C19H31N3O. The van der Waals surface area contributed by atoms with Crippen LogP contribution in [0.3, 0.4) is 0 Å². The largest absolute Gasteiger partial charge is 0.335 e. The van der Waals surface area contributed by atoms with Gasteiger partial charge in [-0.15, -0.1) is 6.42 Å². The molecule has 3 fully saturated rings. The van der Waals surface area contributed by atoms with Crippen molar-refractivity contribution in [2.75, 3.05) is 32.7 Å². The molecule has 0 aromatic heterocycles. The minimum Gasteiger partial charge on any atom is -0.335 e. The summed E-state index contributed by atoms with van der Waals surface area (Å²) in [7, 11) is 0. The third-order valence-corrected chi connectivity index (χ3v) is 5.65. The Hall–Kier alpha value is -1.21. The lowest BCUT2D eigenvalue weighted by Gasteiger charge is -2.34. The van der Waals surface area contributed by atoms with Crippen molar-refractivity contribution in [1.82, 2.24) is 15.1 Å². The Morgan fingerprint density at radius 3 is 2.39 bits per heavy atom. The minimum atomic E-state index is 0.0455. The number of carbonyl (C=O) groups is 1. The predicted octanol–water partition coefficient (Wildman–Crippen LogP) is 2.70. The number of carbonyl (C=O) groups excluding carboxylic acids is 1. The average Bonchev–Trinajstić information content (AvgIpc) is 3.23. The summed E-state index contributed by atoms with van der Waals surface area (Å²) in [5.74, 6) is 4.23. The number of hydrogen-bond acceptors (Lipinski definition) is 2. The summed E-state index contributed by atoms with van der Waals surface area (Å²) in [6.45, 7) is 4.78. The van der Waals surface area contributed by atoms with E-state index in [2.05, 4.69) is 16.1 Å². The van der Waals surface area contributed by atoms with Gasteiger partial charge in [0.15, 0.2) is 0 Å². The molecule has 0 spiro atoms. The molecule has 3 aliphatic rings. The molecule has 1 aliphatic heterocycles. The molecule has 1 heterocycles. The van der Waals surface area contributed by atoms with Gasteiger partial charge in [-0.1, -0.05) is 18.8 Å². The van der Waals surface area contributed by atoms with Crippen molar-refractivity contribution in [3.05, 3.63) is 0 Å². The molecule has 3 rings (SSSR count). The number of hydrogen-bond donors (Lipinski definition) is 1. The van der Waals surface area contributed by atoms with Gasteiger partial charge in [-0.2, -0.15) is 0 Å². The smallest absolute Gasteiger partial charge is 0.318 e. The van der Waals surface area contributed by atoms with E-state index in [0.717, 1.165) is 38.4 Å². The van der Waals surface area contributed by atoms with Crippen LogP contribution in [0.15, 0.2) is 0 Å². The van der Waals surface area contributed by atoms with E-state index < -0.39 is 0 Å². The quantitative estimate of drug-likeness (QED) is 0.765. The van der Waals surface area contributed by atoms with Crippen molar-refractivity contribution >= 4 is 6.03 Å². The normalized spacial score (nSPS) is 23.6. The number of urea groups is 1. The van der Waals surface area contributed by atoms with Crippen LogP contribution in [0.5, 0.6) is 0 Å². The predicted molar refractivity (Wildman–Crippen MR) is 93.1 cm³/mol. The number of terminal acetylenes is 1. The van der Waals surface area contributed by atoms with E-state index in [0.29, 0.717) is 18.5 Å². The van der Waals surface area contributed by atoms with Crippen LogP contribution < -0.4 is 5.32 Å². The standard InChI is InChI=1S/C19H31N3O/c1-2-11-22(15-17-7-8-17)19(23)20-18-9-12-21(13-10-18)14-16-5-3-4-6-16/h1,16-18H,3-15H2,(H,20,23). The van der Waals surface area contributed by atoms with E-state index in [-0.39, 0.29) is 6.03 Å². The molecule has 23 heavy (non-hydrogen) atoms. The van der Waals surface area contributed by atoms with Gasteiger partial charge in [-0.25, -0.2) is 4.79 Å². The van der Waals surface area contributed by atoms with Crippen LogP contribution >= 0.6 is 0 Å². The second-order valence-electron chi connectivity index (χ2n) is 7.70. The van der Waals surface area contributed by atoms with Crippen LogP contribution in [-0.4, -0.2) is 54.6 Å². The third kappa shape index (κ3) is 5.14. The molecule has 0 aromatic rings. The molecule has 4 heteroatoms. The van der Waals surface area contributed by atoms with Crippen LogP contribution in [0, 0.1) is 24.2 Å². The highest BCUT2D eigenvalue weighted by Crippen LogP contribution is 2.30. The summed E-state index contributed by atoms with van der Waals surface area (Å²) in [6, 6.07) is 0.367. The maximum absolute atomic E-state index is 12.4. The Morgan fingerprint density at radius 2 is 1.78 bits per heavy atom. The first kappa shape index (κ1) is 16.6. The molecule has 2 aliphatic carbocycles. The Balaban J connectivity index is 1.38. The van der Waals surface area contributed by atoms with Gasteiger partial charge in [0.1, 0.15) is 0 Å². The molecule has 4 nitrogen and oxygen atoms in total. The molecule has 0 atom stereocenters. The van der Waals surface area contributed by atoms with Gasteiger partial charge in [0.25, 0.3) is 0 Å². The first-order valence-electron chi connectivity index (χ1n) is 9.46. The molecule has 2 saturated carbocycles. The third-order valence-electron chi connectivity index (χ3n) is 5.65. The number of nitrogens with zero attached hydrogens (tertiary/aromatic N) is 2. The maximum Gasteiger partial charge on any atom is 0.318 e. The summed E-state index contributed by atoms with van der Waals surface area (Å²) in [5.41, 5.74) is 0. The molecular weight excluding hydrogens is 286 g/mol. The topological polar surface area (TPSA) is 35.6 Å². The molecule has 0 unspecified atom stereocenters. The van der Waals surface area contributed by atoms with Gasteiger partial charge in [-0.05, 0) is 50.4 Å². The van der Waals surface area contributed by atoms with E-state index in [1.807, 2.05) is 4.90 Å². The lowest BCUT2D eigenvalue weighted by molar-refractivity contribution is 0.161. The number of piperidine rings is 1. The van der Waals surface area contributed by atoms with Crippen LogP contribution in [-0.2, 0) is 0 Å². The first-order chi connectivity index (χ1) is 11.2. The number of nitrogens with one attached hydrogen (secondary N) is 1. The summed E-state index contributed by atoms with van der Waals surface area (Å²) in [6.07, 6.45) is 15.7. The molecule has 0 aromatic carbocycles. The van der Waals surface area contributed by atoms with E-state index >= 15 is 0 Å². The Kier molecular flexibility index (Phi) is 5.83. The zero-order valence-electron chi connectivity index (χ0n) is 14.3. The first-order valence-corrected chi connectivity index (χ1v) is 9.46.